The number of hydrogen-bond donors (Lipinski definition) is 1. The van der Waals surface area contributed by atoms with Crippen molar-refractivity contribution in [1.82, 2.24) is 4.90 Å². The molecule has 1 aliphatic rings. The lowest BCUT2D eigenvalue weighted by atomic mass is 10.1. The Morgan fingerprint density at radius 1 is 0.656 bits per heavy atom. The molecule has 0 aliphatic carbocycles. The van der Waals surface area contributed by atoms with Gasteiger partial charge in [0.25, 0.3) is 11.8 Å². The summed E-state index contributed by atoms with van der Waals surface area (Å²) in [6.45, 7) is 0.121. The Balaban J connectivity index is 0.000000165. The number of para-hydroxylation sites is 2. The molecule has 0 spiro atoms. The number of nitrogens with zero attached hydrogens (tertiary/aromatic N) is 1. The Kier molecular flexibility index (Phi) is 5.05. The average molecular weight is 425 g/mol. The molecule has 0 bridgehead atoms. The second kappa shape index (κ2) is 8.17. The van der Waals surface area contributed by atoms with Crippen LogP contribution in [-0.4, -0.2) is 21.8 Å². The lowest BCUT2D eigenvalue weighted by molar-refractivity contribution is 0.0632. The Morgan fingerprint density at radius 3 is 1.66 bits per heavy atom. The Morgan fingerprint density at radius 2 is 1.12 bits per heavy atom. The largest absolute Gasteiger partial charge is 0.459 e. The van der Waals surface area contributed by atoms with Gasteiger partial charge in [-0.1, -0.05) is 48.5 Å². The number of aliphatic hydroxyl groups is 1. The fourth-order valence-corrected chi connectivity index (χ4v) is 3.77. The van der Waals surface area contributed by atoms with Gasteiger partial charge in [-0.25, -0.2) is 0 Å². The Bertz CT molecular complexity index is 1340. The predicted octanol–water partition coefficient (Wildman–Crippen LogP) is 5.15. The molecule has 0 saturated heterocycles. The molecule has 0 fully saturated rings. The van der Waals surface area contributed by atoms with Gasteiger partial charge in [0, 0.05) is 10.8 Å². The number of amides is 2. The third-order valence-electron chi connectivity index (χ3n) is 5.30. The van der Waals surface area contributed by atoms with Crippen LogP contribution < -0.4 is 0 Å². The van der Waals surface area contributed by atoms with Gasteiger partial charge >= 0.3 is 0 Å². The van der Waals surface area contributed by atoms with E-state index in [4.69, 9.17) is 13.9 Å². The van der Waals surface area contributed by atoms with Gasteiger partial charge in [0.15, 0.2) is 0 Å². The van der Waals surface area contributed by atoms with E-state index in [-0.39, 0.29) is 25.0 Å². The maximum atomic E-state index is 12.3. The van der Waals surface area contributed by atoms with Gasteiger partial charge in [0.2, 0.25) is 0 Å². The van der Waals surface area contributed by atoms with Gasteiger partial charge in [-0.2, -0.15) is 0 Å². The number of carbonyl (C=O) groups excluding carboxylic acids is 2. The number of carbonyl (C=O) groups is 2. The zero-order valence-electron chi connectivity index (χ0n) is 17.0. The number of imide groups is 1. The molecule has 32 heavy (non-hydrogen) atoms. The highest BCUT2D eigenvalue weighted by molar-refractivity contribution is 6.21. The molecule has 2 aromatic heterocycles. The molecule has 1 N–H and O–H groups in total. The van der Waals surface area contributed by atoms with Crippen LogP contribution in [0.3, 0.4) is 0 Å². The summed E-state index contributed by atoms with van der Waals surface area (Å²) >= 11 is 0. The van der Waals surface area contributed by atoms with Gasteiger partial charge in [-0.05, 0) is 36.4 Å². The maximum absolute atomic E-state index is 12.3. The third-order valence-corrected chi connectivity index (χ3v) is 5.30. The molecule has 1 aliphatic heterocycles. The minimum atomic E-state index is -0.268. The fourth-order valence-electron chi connectivity index (χ4n) is 3.77. The Hall–Kier alpha value is -4.16. The van der Waals surface area contributed by atoms with Gasteiger partial charge in [-0.15, -0.1) is 0 Å². The minimum Gasteiger partial charge on any atom is -0.459 e. The maximum Gasteiger partial charge on any atom is 0.261 e. The van der Waals surface area contributed by atoms with Crippen LogP contribution in [0, 0.1) is 0 Å². The topological polar surface area (TPSA) is 83.9 Å². The first-order valence-corrected chi connectivity index (χ1v) is 10.1. The fraction of sp³-hybridized carbons (Fsp3) is 0.0769. The Labute approximate surface area is 183 Å². The molecular formula is C26H19NO5. The second-order valence-corrected chi connectivity index (χ2v) is 7.40. The summed E-state index contributed by atoms with van der Waals surface area (Å²) in [5.74, 6) is 0.684. The van der Waals surface area contributed by atoms with Crippen molar-refractivity contribution in [2.24, 2.45) is 0 Å². The molecule has 5 aromatic rings. The monoisotopic (exact) mass is 425 g/mol. The van der Waals surface area contributed by atoms with Crippen LogP contribution in [0.15, 0.2) is 93.8 Å². The van der Waals surface area contributed by atoms with Crippen molar-refractivity contribution in [2.75, 3.05) is 0 Å². The van der Waals surface area contributed by atoms with Crippen molar-refractivity contribution in [3.8, 4) is 0 Å². The van der Waals surface area contributed by atoms with E-state index < -0.39 is 0 Å². The number of benzene rings is 3. The summed E-state index contributed by atoms with van der Waals surface area (Å²) in [5.41, 5.74) is 2.50. The van der Waals surface area contributed by atoms with Gasteiger partial charge in [0.1, 0.15) is 29.3 Å². The lowest BCUT2D eigenvalue weighted by Crippen LogP contribution is -2.28. The number of rotatable bonds is 3. The molecule has 0 saturated carbocycles. The quantitative estimate of drug-likeness (QED) is 0.404. The molecule has 6 heteroatoms. The number of hydrogen-bond acceptors (Lipinski definition) is 5. The van der Waals surface area contributed by atoms with Crippen LogP contribution in [0.5, 0.6) is 0 Å². The second-order valence-electron chi connectivity index (χ2n) is 7.40. The van der Waals surface area contributed by atoms with Crippen molar-refractivity contribution in [3.05, 3.63) is 108 Å². The van der Waals surface area contributed by atoms with Crippen LogP contribution in [0.4, 0.5) is 0 Å². The first-order chi connectivity index (χ1) is 15.6. The zero-order chi connectivity index (χ0) is 22.1. The van der Waals surface area contributed by atoms with Gasteiger partial charge < -0.3 is 13.9 Å². The first-order valence-electron chi connectivity index (χ1n) is 10.1. The molecule has 158 valence electrons. The predicted molar refractivity (Wildman–Crippen MR) is 119 cm³/mol. The minimum absolute atomic E-state index is 0.0331. The SMILES string of the molecule is O=C1c2ccccc2C(=O)N1Cc1cc2ccccc2o1.OCc1cc2ccccc2o1. The van der Waals surface area contributed by atoms with E-state index in [1.165, 1.54) is 4.90 Å². The summed E-state index contributed by atoms with van der Waals surface area (Å²) in [6.07, 6.45) is 0. The van der Waals surface area contributed by atoms with Gasteiger partial charge in [-0.3, -0.25) is 14.5 Å². The highest BCUT2D eigenvalue weighted by Crippen LogP contribution is 2.26. The van der Waals surface area contributed by atoms with Gasteiger partial charge in [0.05, 0.1) is 17.7 Å². The smallest absolute Gasteiger partial charge is 0.261 e. The van der Waals surface area contributed by atoms with Crippen molar-refractivity contribution >= 4 is 33.8 Å². The van der Waals surface area contributed by atoms with E-state index in [0.29, 0.717) is 22.6 Å². The van der Waals surface area contributed by atoms with Crippen molar-refractivity contribution < 1.29 is 23.5 Å². The molecule has 0 unspecified atom stereocenters. The highest BCUT2D eigenvalue weighted by Gasteiger charge is 2.35. The molecule has 6 rings (SSSR count). The summed E-state index contributed by atoms with van der Waals surface area (Å²) in [4.78, 5) is 25.8. The summed E-state index contributed by atoms with van der Waals surface area (Å²) in [5, 5.41) is 10.7. The van der Waals surface area contributed by atoms with Crippen LogP contribution in [0.1, 0.15) is 32.2 Å². The van der Waals surface area contributed by atoms with Crippen LogP contribution in [0.25, 0.3) is 21.9 Å². The molecule has 6 nitrogen and oxygen atoms in total. The number of furan rings is 2. The van der Waals surface area contributed by atoms with Crippen LogP contribution in [0.2, 0.25) is 0 Å². The average Bonchev–Trinajstić information content (AvgIpc) is 3.50. The highest BCUT2D eigenvalue weighted by atomic mass is 16.4. The van der Waals surface area contributed by atoms with E-state index in [1.54, 1.807) is 24.3 Å². The summed E-state index contributed by atoms with van der Waals surface area (Å²) in [6, 6.07) is 25.9. The van der Waals surface area contributed by atoms with E-state index in [0.717, 1.165) is 21.9 Å². The van der Waals surface area contributed by atoms with E-state index in [1.807, 2.05) is 60.7 Å². The molecule has 0 radical (unpaired) electrons. The van der Waals surface area contributed by atoms with Crippen LogP contribution in [-0.2, 0) is 13.2 Å². The molecule has 3 aromatic carbocycles. The standard InChI is InChI=1S/C17H11NO3.C9H8O2/c19-16-13-6-2-3-7-14(13)17(20)18(16)10-12-9-11-5-1-4-8-15(11)21-12;10-6-8-5-7-3-1-2-4-9(7)11-8/h1-9H,10H2;1-5,10H,6H2. The summed E-state index contributed by atoms with van der Waals surface area (Å²) in [7, 11) is 0. The van der Waals surface area contributed by atoms with E-state index in [9.17, 15) is 9.59 Å². The lowest BCUT2D eigenvalue weighted by Gasteiger charge is -2.11. The van der Waals surface area contributed by atoms with Crippen molar-refractivity contribution in [1.29, 1.82) is 0 Å². The molecule has 2 amide bonds. The molecule has 3 heterocycles. The zero-order valence-corrected chi connectivity index (χ0v) is 17.0. The van der Waals surface area contributed by atoms with Crippen molar-refractivity contribution in [2.45, 2.75) is 13.2 Å². The molecule has 0 atom stereocenters. The third kappa shape index (κ3) is 3.57. The number of fused-ring (bicyclic) bond motifs is 3. The van der Waals surface area contributed by atoms with Crippen molar-refractivity contribution in [3.63, 3.8) is 0 Å². The molecular weight excluding hydrogens is 406 g/mol. The van der Waals surface area contributed by atoms with E-state index >= 15 is 0 Å². The first kappa shape index (κ1) is 19.8. The number of aliphatic hydroxyl groups excluding tert-OH is 1. The normalized spacial score (nSPS) is 12.8. The van der Waals surface area contributed by atoms with E-state index in [2.05, 4.69) is 0 Å². The summed E-state index contributed by atoms with van der Waals surface area (Å²) < 4.78 is 10.9. The van der Waals surface area contributed by atoms with Crippen LogP contribution >= 0.6 is 0 Å².